The van der Waals surface area contributed by atoms with Crippen molar-refractivity contribution in [2.24, 2.45) is 5.92 Å². The van der Waals surface area contributed by atoms with Crippen LogP contribution in [0.1, 0.15) is 22.7 Å². The maximum atomic E-state index is 13.9. The van der Waals surface area contributed by atoms with Crippen LogP contribution in [0.25, 0.3) is 0 Å². The van der Waals surface area contributed by atoms with Gasteiger partial charge in [0.2, 0.25) is 10.0 Å². The third-order valence-electron chi connectivity index (χ3n) is 6.72. The Labute approximate surface area is 213 Å². The van der Waals surface area contributed by atoms with E-state index in [0.717, 1.165) is 22.3 Å². The van der Waals surface area contributed by atoms with Crippen LogP contribution in [0.3, 0.4) is 0 Å². The third-order valence-corrected chi connectivity index (χ3v) is 10.3. The van der Waals surface area contributed by atoms with Gasteiger partial charge in [-0.1, -0.05) is 77.9 Å². The zero-order chi connectivity index (χ0) is 25.5. The second-order valence-electron chi connectivity index (χ2n) is 9.31. The SMILES string of the molecule is Cc1ccc(S(=O)(=O)N2CC3=CN(S(=O)(=O)c4ccc(C)cc4)[C@@H](c4ccccc4)C=C[C@H]3C2)cc1. The summed E-state index contributed by atoms with van der Waals surface area (Å²) in [6.07, 6.45) is 5.46. The van der Waals surface area contributed by atoms with Crippen LogP contribution in [0, 0.1) is 19.8 Å². The first-order valence-electron chi connectivity index (χ1n) is 11.8. The van der Waals surface area contributed by atoms with E-state index in [1.165, 1.54) is 8.61 Å². The van der Waals surface area contributed by atoms with Crippen LogP contribution >= 0.6 is 0 Å². The summed E-state index contributed by atoms with van der Waals surface area (Å²) in [6.45, 7) is 4.21. The first-order valence-corrected chi connectivity index (χ1v) is 14.7. The molecule has 2 aliphatic rings. The summed E-state index contributed by atoms with van der Waals surface area (Å²) in [7, 11) is -7.62. The molecule has 8 heteroatoms. The second kappa shape index (κ2) is 9.35. The highest BCUT2D eigenvalue weighted by atomic mass is 32.2. The standard InChI is InChI=1S/C28H28N2O4S2/c1-21-8-13-26(14-9-21)35(31,32)29-18-24-12-17-28(23-6-4-3-5-7-23)30(20-25(24)19-29)36(33,34)27-15-10-22(2)11-16-27/h3-17,20,24,28H,18-19H2,1-2H3/t24-,28+/m0/s1. The fourth-order valence-electron chi connectivity index (χ4n) is 4.61. The Morgan fingerprint density at radius 2 is 1.25 bits per heavy atom. The zero-order valence-electron chi connectivity index (χ0n) is 20.2. The van der Waals surface area contributed by atoms with Crippen molar-refractivity contribution in [1.29, 1.82) is 0 Å². The van der Waals surface area contributed by atoms with Gasteiger partial charge >= 0.3 is 0 Å². The third kappa shape index (κ3) is 4.52. The summed E-state index contributed by atoms with van der Waals surface area (Å²) in [4.78, 5) is 0.431. The average Bonchev–Trinajstić information content (AvgIpc) is 3.19. The van der Waals surface area contributed by atoms with Crippen molar-refractivity contribution in [3.63, 3.8) is 0 Å². The van der Waals surface area contributed by atoms with Gasteiger partial charge in [-0.15, -0.1) is 0 Å². The van der Waals surface area contributed by atoms with Gasteiger partial charge in [-0.05, 0) is 49.2 Å². The number of fused-ring (bicyclic) bond motifs is 1. The lowest BCUT2D eigenvalue weighted by atomic mass is 10.0. The molecule has 0 unspecified atom stereocenters. The molecule has 2 heterocycles. The Hall–Kier alpha value is -3.20. The van der Waals surface area contributed by atoms with E-state index in [0.29, 0.717) is 0 Å². The van der Waals surface area contributed by atoms with Crippen LogP contribution in [0.15, 0.2) is 113 Å². The number of nitrogens with zero attached hydrogens (tertiary/aromatic N) is 2. The Morgan fingerprint density at radius 3 is 1.83 bits per heavy atom. The number of hydrogen-bond donors (Lipinski definition) is 0. The fraction of sp³-hybridized carbons (Fsp3) is 0.214. The summed E-state index contributed by atoms with van der Waals surface area (Å²) in [6, 6.07) is 22.5. The van der Waals surface area contributed by atoms with Crippen LogP contribution in [-0.4, -0.2) is 38.5 Å². The van der Waals surface area contributed by atoms with Gasteiger partial charge in [-0.2, -0.15) is 4.31 Å². The van der Waals surface area contributed by atoms with E-state index in [-0.39, 0.29) is 28.8 Å². The Balaban J connectivity index is 1.56. The molecular weight excluding hydrogens is 492 g/mol. The summed E-state index contributed by atoms with van der Waals surface area (Å²) >= 11 is 0. The molecule has 0 aliphatic carbocycles. The van der Waals surface area contributed by atoms with Gasteiger partial charge < -0.3 is 0 Å². The van der Waals surface area contributed by atoms with E-state index in [1.54, 1.807) is 54.7 Å². The molecule has 1 saturated heterocycles. The molecule has 0 saturated carbocycles. The van der Waals surface area contributed by atoms with E-state index >= 15 is 0 Å². The smallest absolute Gasteiger partial charge is 0.262 e. The molecule has 3 aromatic rings. The predicted octanol–water partition coefficient (Wildman–Crippen LogP) is 4.81. The molecule has 36 heavy (non-hydrogen) atoms. The summed E-state index contributed by atoms with van der Waals surface area (Å²) in [5, 5.41) is 0. The Bertz CT molecular complexity index is 1530. The van der Waals surface area contributed by atoms with Crippen molar-refractivity contribution in [1.82, 2.24) is 8.61 Å². The van der Waals surface area contributed by atoms with Crippen LogP contribution in [0.4, 0.5) is 0 Å². The van der Waals surface area contributed by atoms with Gasteiger partial charge in [-0.3, -0.25) is 4.31 Å². The fourth-order valence-corrected chi connectivity index (χ4v) is 7.56. The normalized spacial score (nSPS) is 20.6. The molecule has 0 amide bonds. The van der Waals surface area contributed by atoms with Crippen LogP contribution in [-0.2, 0) is 20.0 Å². The summed E-state index contributed by atoms with van der Waals surface area (Å²) in [5.41, 5.74) is 3.53. The second-order valence-corrected chi connectivity index (χ2v) is 13.1. The summed E-state index contributed by atoms with van der Waals surface area (Å²) in [5.74, 6) is -0.213. The van der Waals surface area contributed by atoms with Crippen molar-refractivity contribution < 1.29 is 16.8 Å². The topological polar surface area (TPSA) is 74.8 Å². The largest absolute Gasteiger partial charge is 0.264 e. The van der Waals surface area contributed by atoms with Crippen molar-refractivity contribution in [2.45, 2.75) is 29.7 Å². The van der Waals surface area contributed by atoms with E-state index in [9.17, 15) is 16.8 Å². The van der Waals surface area contributed by atoms with Crippen LogP contribution in [0.2, 0.25) is 0 Å². The van der Waals surface area contributed by atoms with Gasteiger partial charge in [0.05, 0.1) is 15.8 Å². The highest BCUT2D eigenvalue weighted by Crippen LogP contribution is 2.38. The van der Waals surface area contributed by atoms with Gasteiger partial charge in [0, 0.05) is 25.2 Å². The molecule has 186 valence electrons. The maximum Gasteiger partial charge on any atom is 0.264 e. The van der Waals surface area contributed by atoms with Gasteiger partial charge in [0.15, 0.2) is 0 Å². The minimum atomic E-state index is -3.91. The molecule has 2 atom stereocenters. The van der Waals surface area contributed by atoms with E-state index in [1.807, 2.05) is 56.3 Å². The highest BCUT2D eigenvalue weighted by molar-refractivity contribution is 7.89. The molecule has 3 aromatic carbocycles. The molecule has 0 N–H and O–H groups in total. The lowest BCUT2D eigenvalue weighted by molar-refractivity contribution is 0.453. The Kier molecular flexibility index (Phi) is 6.36. The number of benzene rings is 3. The molecule has 5 rings (SSSR count). The van der Waals surface area contributed by atoms with E-state index < -0.39 is 26.1 Å². The number of rotatable bonds is 5. The van der Waals surface area contributed by atoms with Gasteiger partial charge in [0.25, 0.3) is 10.0 Å². The van der Waals surface area contributed by atoms with Crippen molar-refractivity contribution >= 4 is 20.0 Å². The van der Waals surface area contributed by atoms with Gasteiger partial charge in [0.1, 0.15) is 0 Å². The van der Waals surface area contributed by atoms with Crippen LogP contribution < -0.4 is 0 Å². The summed E-state index contributed by atoms with van der Waals surface area (Å²) < 4.78 is 57.2. The number of sulfonamides is 2. The molecule has 0 spiro atoms. The van der Waals surface area contributed by atoms with Crippen molar-refractivity contribution in [3.05, 3.63) is 119 Å². The minimum Gasteiger partial charge on any atom is -0.262 e. The number of aryl methyl sites for hydroxylation is 2. The lowest BCUT2D eigenvalue weighted by Gasteiger charge is -2.28. The monoisotopic (exact) mass is 520 g/mol. The van der Waals surface area contributed by atoms with Crippen LogP contribution in [0.5, 0.6) is 0 Å². The predicted molar refractivity (Wildman–Crippen MR) is 140 cm³/mol. The van der Waals surface area contributed by atoms with E-state index in [4.69, 9.17) is 0 Å². The first-order chi connectivity index (χ1) is 17.2. The Morgan fingerprint density at radius 1 is 0.694 bits per heavy atom. The molecule has 6 nitrogen and oxygen atoms in total. The van der Waals surface area contributed by atoms with Gasteiger partial charge in [-0.25, -0.2) is 16.8 Å². The quantitative estimate of drug-likeness (QED) is 0.453. The lowest BCUT2D eigenvalue weighted by Crippen LogP contribution is -2.31. The maximum absolute atomic E-state index is 13.9. The average molecular weight is 521 g/mol. The first kappa shape index (κ1) is 24.5. The molecule has 0 bridgehead atoms. The molecule has 0 radical (unpaired) electrons. The molecular formula is C28H28N2O4S2. The zero-order valence-corrected chi connectivity index (χ0v) is 21.8. The number of hydrogen-bond acceptors (Lipinski definition) is 4. The van der Waals surface area contributed by atoms with E-state index in [2.05, 4.69) is 0 Å². The molecule has 2 aliphatic heterocycles. The molecule has 1 fully saturated rings. The van der Waals surface area contributed by atoms with Crippen molar-refractivity contribution in [3.8, 4) is 0 Å². The van der Waals surface area contributed by atoms with Crippen molar-refractivity contribution in [2.75, 3.05) is 13.1 Å². The minimum absolute atomic E-state index is 0.132. The highest BCUT2D eigenvalue weighted by Gasteiger charge is 2.39. The molecule has 0 aromatic heterocycles.